The largest absolute Gasteiger partial charge is 0.508 e. The predicted molar refractivity (Wildman–Crippen MR) is 127 cm³/mol. The molecule has 5 rings (SSSR count). The van der Waals surface area contributed by atoms with Gasteiger partial charge in [0.25, 0.3) is 5.56 Å². The zero-order chi connectivity index (χ0) is 24.4. The summed E-state index contributed by atoms with van der Waals surface area (Å²) in [4.78, 5) is 33.3. The van der Waals surface area contributed by atoms with Crippen LogP contribution in [0.15, 0.2) is 41.4 Å². The van der Waals surface area contributed by atoms with E-state index in [1.54, 1.807) is 23.6 Å². The molecule has 176 valence electrons. The molecule has 8 nitrogen and oxygen atoms in total. The highest BCUT2D eigenvalue weighted by Crippen LogP contribution is 2.42. The molecular weight excluding hydrogens is 434 g/mol. The summed E-state index contributed by atoms with van der Waals surface area (Å²) in [5.41, 5.74) is 3.01. The molecule has 2 aliphatic rings. The van der Waals surface area contributed by atoms with E-state index in [4.69, 9.17) is 14.5 Å². The quantitative estimate of drug-likeness (QED) is 0.360. The summed E-state index contributed by atoms with van der Waals surface area (Å²) >= 11 is 0. The standard InChI is InChI=1S/C26H27N3O5/c1-6-26(34-14(2)3)19-10-21-23-15(11-29(21)24(31)18(19)13-33-25(26)32)9-16-17(12-28(4)5)22(30)8-7-20(16)27-23/h7-10,30H,2,6,11-13H2,1,3-5H3/t26-/m0/s1. The van der Waals surface area contributed by atoms with Crippen LogP contribution in [0.1, 0.15) is 42.5 Å². The molecule has 0 radical (unpaired) electrons. The highest BCUT2D eigenvalue weighted by atomic mass is 16.6. The smallest absolute Gasteiger partial charge is 0.355 e. The van der Waals surface area contributed by atoms with Crippen LogP contribution in [-0.4, -0.2) is 39.6 Å². The third-order valence-corrected chi connectivity index (χ3v) is 6.57. The molecule has 0 aliphatic carbocycles. The normalized spacial score (nSPS) is 18.4. The molecule has 2 aliphatic heterocycles. The number of aromatic hydroxyl groups is 1. The van der Waals surface area contributed by atoms with Gasteiger partial charge in [0.15, 0.2) is 0 Å². The van der Waals surface area contributed by atoms with E-state index in [9.17, 15) is 14.7 Å². The Kier molecular flexibility index (Phi) is 5.02. The second-order valence-corrected chi connectivity index (χ2v) is 9.24. The Morgan fingerprint density at radius 3 is 2.76 bits per heavy atom. The first kappa shape index (κ1) is 22.2. The number of phenolic OH excluding ortho intramolecular Hbond substituents is 1. The molecule has 1 aromatic carbocycles. The van der Waals surface area contributed by atoms with Crippen molar-refractivity contribution in [3.63, 3.8) is 0 Å². The van der Waals surface area contributed by atoms with Crippen molar-refractivity contribution in [3.8, 4) is 17.1 Å². The first-order valence-corrected chi connectivity index (χ1v) is 11.2. The minimum atomic E-state index is -1.42. The summed E-state index contributed by atoms with van der Waals surface area (Å²) in [6.07, 6.45) is 0.291. The topological polar surface area (TPSA) is 93.9 Å². The van der Waals surface area contributed by atoms with Crippen LogP contribution in [0.3, 0.4) is 0 Å². The Bertz CT molecular complexity index is 1440. The van der Waals surface area contributed by atoms with Gasteiger partial charge in [-0.25, -0.2) is 9.78 Å². The fourth-order valence-electron chi connectivity index (χ4n) is 5.04. The summed E-state index contributed by atoms with van der Waals surface area (Å²) < 4.78 is 13.0. The van der Waals surface area contributed by atoms with Gasteiger partial charge < -0.3 is 24.0 Å². The number of benzene rings is 1. The van der Waals surface area contributed by atoms with Crippen LogP contribution in [0.4, 0.5) is 0 Å². The second-order valence-electron chi connectivity index (χ2n) is 9.24. The van der Waals surface area contributed by atoms with Gasteiger partial charge >= 0.3 is 5.97 Å². The average Bonchev–Trinajstić information content (AvgIpc) is 3.14. The van der Waals surface area contributed by atoms with E-state index in [-0.39, 0.29) is 17.9 Å². The van der Waals surface area contributed by atoms with Gasteiger partial charge in [0, 0.05) is 28.6 Å². The number of rotatable bonds is 5. The van der Waals surface area contributed by atoms with Crippen LogP contribution in [0, 0.1) is 0 Å². The van der Waals surface area contributed by atoms with E-state index in [1.807, 2.05) is 38.1 Å². The molecule has 0 bridgehead atoms. The molecule has 4 heterocycles. The average molecular weight is 462 g/mol. The lowest BCUT2D eigenvalue weighted by Crippen LogP contribution is -2.46. The molecule has 1 atom stereocenters. The maximum Gasteiger partial charge on any atom is 0.355 e. The van der Waals surface area contributed by atoms with Crippen LogP contribution in [0.2, 0.25) is 0 Å². The summed E-state index contributed by atoms with van der Waals surface area (Å²) in [5.74, 6) is 0.0553. The van der Waals surface area contributed by atoms with E-state index in [2.05, 4.69) is 6.58 Å². The molecule has 2 aromatic heterocycles. The fourth-order valence-corrected chi connectivity index (χ4v) is 5.04. The minimum absolute atomic E-state index is 0.0960. The Labute approximate surface area is 197 Å². The number of pyridine rings is 2. The number of allylic oxidation sites excluding steroid dienone is 1. The number of carbonyl (C=O) groups is 1. The van der Waals surface area contributed by atoms with Crippen LogP contribution in [0.5, 0.6) is 5.75 Å². The molecule has 8 heteroatoms. The number of aromatic nitrogens is 2. The SMILES string of the molecule is C=C(C)O[C@]1(CC)C(=O)OCc2c1cc1n(c2=O)Cc2cc3c(CN(C)C)c(O)ccc3nc2-1. The van der Waals surface area contributed by atoms with E-state index in [1.165, 1.54) is 0 Å². The van der Waals surface area contributed by atoms with Crippen molar-refractivity contribution in [2.24, 2.45) is 0 Å². The van der Waals surface area contributed by atoms with Gasteiger partial charge in [-0.2, -0.15) is 0 Å². The van der Waals surface area contributed by atoms with E-state index in [0.29, 0.717) is 47.8 Å². The fraction of sp³-hybridized carbons (Fsp3) is 0.346. The molecule has 0 fully saturated rings. The monoisotopic (exact) mass is 461 g/mol. The van der Waals surface area contributed by atoms with Gasteiger partial charge in [-0.15, -0.1) is 0 Å². The number of phenols is 1. The van der Waals surface area contributed by atoms with Crippen molar-refractivity contribution < 1.29 is 19.4 Å². The van der Waals surface area contributed by atoms with E-state index in [0.717, 1.165) is 22.0 Å². The molecule has 0 spiro atoms. The van der Waals surface area contributed by atoms with Gasteiger partial charge in [-0.3, -0.25) is 4.79 Å². The second kappa shape index (κ2) is 7.70. The molecule has 0 amide bonds. The molecule has 3 aromatic rings. The number of hydrogen-bond donors (Lipinski definition) is 1. The van der Waals surface area contributed by atoms with Crippen molar-refractivity contribution in [3.05, 3.63) is 69.2 Å². The lowest BCUT2D eigenvalue weighted by molar-refractivity contribution is -0.175. The van der Waals surface area contributed by atoms with Crippen molar-refractivity contribution in [2.45, 2.75) is 45.6 Å². The summed E-state index contributed by atoms with van der Waals surface area (Å²) in [5, 5.41) is 11.3. The maximum atomic E-state index is 13.5. The Hall–Kier alpha value is -3.65. The van der Waals surface area contributed by atoms with Gasteiger partial charge in [-0.1, -0.05) is 13.5 Å². The van der Waals surface area contributed by atoms with E-state index < -0.39 is 11.6 Å². The van der Waals surface area contributed by atoms with Gasteiger partial charge in [0.05, 0.1) is 34.8 Å². The highest BCUT2D eigenvalue weighted by Gasteiger charge is 2.49. The maximum absolute atomic E-state index is 13.5. The van der Waals surface area contributed by atoms with Gasteiger partial charge in [-0.05, 0) is 51.7 Å². The number of fused-ring (bicyclic) bond motifs is 5. The number of esters is 1. The van der Waals surface area contributed by atoms with Crippen molar-refractivity contribution >= 4 is 16.9 Å². The third kappa shape index (κ3) is 3.13. The highest BCUT2D eigenvalue weighted by molar-refractivity contribution is 5.89. The van der Waals surface area contributed by atoms with Crippen LogP contribution < -0.4 is 5.56 Å². The molecule has 0 unspecified atom stereocenters. The van der Waals surface area contributed by atoms with Gasteiger partial charge in [0.1, 0.15) is 12.4 Å². The zero-order valence-electron chi connectivity index (χ0n) is 19.8. The molecular formula is C26H27N3O5. The Balaban J connectivity index is 1.75. The lowest BCUT2D eigenvalue weighted by atomic mass is 9.85. The molecule has 1 N–H and O–H groups in total. The third-order valence-electron chi connectivity index (χ3n) is 6.57. The Morgan fingerprint density at radius 1 is 1.32 bits per heavy atom. The number of cyclic esters (lactones) is 1. The summed E-state index contributed by atoms with van der Waals surface area (Å²) in [7, 11) is 3.88. The minimum Gasteiger partial charge on any atom is -0.508 e. The lowest BCUT2D eigenvalue weighted by Gasteiger charge is -2.36. The molecule has 34 heavy (non-hydrogen) atoms. The van der Waals surface area contributed by atoms with Gasteiger partial charge in [0.2, 0.25) is 5.60 Å². The number of nitrogens with zero attached hydrogens (tertiary/aromatic N) is 3. The van der Waals surface area contributed by atoms with Crippen LogP contribution >= 0.6 is 0 Å². The van der Waals surface area contributed by atoms with Crippen LogP contribution in [-0.2, 0) is 39.6 Å². The zero-order valence-corrected chi connectivity index (χ0v) is 19.8. The summed E-state index contributed by atoms with van der Waals surface area (Å²) in [6.45, 7) is 8.11. The molecule has 0 saturated heterocycles. The summed E-state index contributed by atoms with van der Waals surface area (Å²) in [6, 6.07) is 7.27. The Morgan fingerprint density at radius 2 is 2.09 bits per heavy atom. The number of ether oxygens (including phenoxy) is 2. The first-order chi connectivity index (χ1) is 16.2. The van der Waals surface area contributed by atoms with Crippen molar-refractivity contribution in [2.75, 3.05) is 14.1 Å². The van der Waals surface area contributed by atoms with Crippen molar-refractivity contribution in [1.29, 1.82) is 0 Å². The van der Waals surface area contributed by atoms with Crippen LogP contribution in [0.25, 0.3) is 22.3 Å². The predicted octanol–water partition coefficient (Wildman–Crippen LogP) is 3.40. The number of hydrogen-bond acceptors (Lipinski definition) is 7. The first-order valence-electron chi connectivity index (χ1n) is 11.2. The van der Waals surface area contributed by atoms with E-state index >= 15 is 0 Å². The van der Waals surface area contributed by atoms with Crippen molar-refractivity contribution in [1.82, 2.24) is 14.5 Å². The number of carbonyl (C=O) groups excluding carboxylic acids is 1. The molecule has 0 saturated carbocycles.